The fourth-order valence-corrected chi connectivity index (χ4v) is 3.59. The molecule has 3 nitrogen and oxygen atoms in total. The first kappa shape index (κ1) is 17.4. The summed E-state index contributed by atoms with van der Waals surface area (Å²) in [6, 6.07) is 17.0. The average molecular weight is 350 g/mol. The Morgan fingerprint density at radius 2 is 1.80 bits per heavy atom. The molecule has 0 aliphatic heterocycles. The van der Waals surface area contributed by atoms with Gasteiger partial charge in [0.1, 0.15) is 0 Å². The van der Waals surface area contributed by atoms with Crippen molar-refractivity contribution in [2.45, 2.75) is 33.7 Å². The third-order valence-corrected chi connectivity index (χ3v) is 4.69. The number of hydrogen-bond acceptors (Lipinski definition) is 3. The molecular formula is C21H23N3S. The molecule has 2 aromatic carbocycles. The van der Waals surface area contributed by atoms with Gasteiger partial charge in [0.25, 0.3) is 0 Å². The van der Waals surface area contributed by atoms with Crippen molar-refractivity contribution in [3.05, 3.63) is 75.4 Å². The fourth-order valence-electron chi connectivity index (χ4n) is 2.62. The van der Waals surface area contributed by atoms with E-state index in [-0.39, 0.29) is 6.04 Å². The molecule has 0 spiro atoms. The van der Waals surface area contributed by atoms with Crippen molar-refractivity contribution in [3.63, 3.8) is 0 Å². The molecule has 0 N–H and O–H groups in total. The quantitative estimate of drug-likeness (QED) is 0.592. The number of rotatable bonds is 4. The maximum atomic E-state index is 4.76. The van der Waals surface area contributed by atoms with Crippen LogP contribution in [0.1, 0.15) is 30.5 Å². The molecule has 0 unspecified atom stereocenters. The molecular weight excluding hydrogens is 326 g/mol. The Balaban J connectivity index is 2.10. The zero-order valence-corrected chi connectivity index (χ0v) is 15.9. The average Bonchev–Trinajstić information content (AvgIpc) is 2.97. The lowest BCUT2D eigenvalue weighted by Crippen LogP contribution is -2.14. The molecule has 4 heteroatoms. The third kappa shape index (κ3) is 4.15. The van der Waals surface area contributed by atoms with Crippen molar-refractivity contribution >= 4 is 17.6 Å². The van der Waals surface area contributed by atoms with Crippen molar-refractivity contribution in [2.24, 2.45) is 10.1 Å². The van der Waals surface area contributed by atoms with Crippen LogP contribution in [0.3, 0.4) is 0 Å². The molecule has 0 amide bonds. The van der Waals surface area contributed by atoms with Gasteiger partial charge in [-0.05, 0) is 38.8 Å². The summed E-state index contributed by atoms with van der Waals surface area (Å²) in [5, 5.41) is 6.89. The first-order valence-corrected chi connectivity index (χ1v) is 9.34. The normalized spacial score (nSPS) is 12.4. The molecule has 0 radical (unpaired) electrons. The Hall–Kier alpha value is -2.46. The molecule has 0 aliphatic rings. The van der Waals surface area contributed by atoms with E-state index >= 15 is 0 Å². The third-order valence-electron chi connectivity index (χ3n) is 3.86. The van der Waals surface area contributed by atoms with E-state index in [9.17, 15) is 0 Å². The van der Waals surface area contributed by atoms with Gasteiger partial charge in [-0.2, -0.15) is 5.10 Å². The van der Waals surface area contributed by atoms with E-state index in [1.165, 1.54) is 11.1 Å². The van der Waals surface area contributed by atoms with Crippen LogP contribution in [-0.4, -0.2) is 16.9 Å². The van der Waals surface area contributed by atoms with E-state index in [4.69, 9.17) is 10.1 Å². The molecule has 0 aliphatic carbocycles. The molecule has 1 aromatic heterocycles. The van der Waals surface area contributed by atoms with Gasteiger partial charge in [-0.3, -0.25) is 4.99 Å². The van der Waals surface area contributed by atoms with Crippen LogP contribution >= 0.6 is 11.3 Å². The van der Waals surface area contributed by atoms with Gasteiger partial charge in [-0.1, -0.05) is 54.1 Å². The van der Waals surface area contributed by atoms with Gasteiger partial charge in [0, 0.05) is 17.0 Å². The van der Waals surface area contributed by atoms with Crippen molar-refractivity contribution in [1.29, 1.82) is 0 Å². The predicted octanol–water partition coefficient (Wildman–Crippen LogP) is 5.02. The number of benzene rings is 2. The van der Waals surface area contributed by atoms with E-state index in [0.29, 0.717) is 0 Å². The Morgan fingerprint density at radius 3 is 2.48 bits per heavy atom. The Labute approximate surface area is 153 Å². The van der Waals surface area contributed by atoms with Gasteiger partial charge < -0.3 is 0 Å². The van der Waals surface area contributed by atoms with E-state index < -0.39 is 0 Å². The minimum Gasteiger partial charge on any atom is -0.255 e. The SMILES string of the molecule is Cc1ccc(C=Nn2c(-c3ccccc3)csc2=NC(C)C)c(C)c1. The lowest BCUT2D eigenvalue weighted by atomic mass is 10.1. The fraction of sp³-hybridized carbons (Fsp3) is 0.238. The van der Waals surface area contributed by atoms with Crippen LogP contribution in [-0.2, 0) is 0 Å². The second kappa shape index (κ2) is 7.62. The number of aromatic nitrogens is 1. The van der Waals surface area contributed by atoms with Crippen molar-refractivity contribution in [1.82, 2.24) is 4.68 Å². The first-order chi connectivity index (χ1) is 12.0. The highest BCUT2D eigenvalue weighted by molar-refractivity contribution is 7.07. The first-order valence-electron chi connectivity index (χ1n) is 8.46. The number of aryl methyl sites for hydroxylation is 2. The van der Waals surface area contributed by atoms with E-state index in [1.54, 1.807) is 11.3 Å². The van der Waals surface area contributed by atoms with Gasteiger partial charge in [0.2, 0.25) is 4.80 Å². The zero-order valence-electron chi connectivity index (χ0n) is 15.1. The molecule has 0 saturated heterocycles. The molecule has 1 heterocycles. The molecule has 3 rings (SSSR count). The summed E-state index contributed by atoms with van der Waals surface area (Å²) in [6.07, 6.45) is 1.92. The van der Waals surface area contributed by atoms with Crippen LogP contribution < -0.4 is 4.80 Å². The Kier molecular flexibility index (Phi) is 5.29. The summed E-state index contributed by atoms with van der Waals surface area (Å²) in [5.41, 5.74) is 5.81. The predicted molar refractivity (Wildman–Crippen MR) is 107 cm³/mol. The van der Waals surface area contributed by atoms with Crippen LogP contribution in [0.5, 0.6) is 0 Å². The highest BCUT2D eigenvalue weighted by atomic mass is 32.1. The van der Waals surface area contributed by atoms with Crippen LogP contribution in [0.15, 0.2) is 64.0 Å². The maximum absolute atomic E-state index is 4.76. The smallest absolute Gasteiger partial charge is 0.206 e. The zero-order chi connectivity index (χ0) is 17.8. The monoisotopic (exact) mass is 349 g/mol. The second-order valence-corrected chi connectivity index (χ2v) is 7.25. The second-order valence-electron chi connectivity index (χ2n) is 6.41. The topological polar surface area (TPSA) is 29.6 Å². The summed E-state index contributed by atoms with van der Waals surface area (Å²) in [7, 11) is 0. The van der Waals surface area contributed by atoms with E-state index in [1.807, 2.05) is 29.1 Å². The minimum atomic E-state index is 0.227. The Morgan fingerprint density at radius 1 is 1.04 bits per heavy atom. The number of hydrogen-bond donors (Lipinski definition) is 0. The largest absolute Gasteiger partial charge is 0.255 e. The molecule has 0 bridgehead atoms. The van der Waals surface area contributed by atoms with Gasteiger partial charge in [0.15, 0.2) is 0 Å². The molecule has 25 heavy (non-hydrogen) atoms. The van der Waals surface area contributed by atoms with Crippen molar-refractivity contribution < 1.29 is 0 Å². The highest BCUT2D eigenvalue weighted by Crippen LogP contribution is 2.20. The van der Waals surface area contributed by atoms with E-state index in [2.05, 4.69) is 63.4 Å². The molecule has 128 valence electrons. The highest BCUT2D eigenvalue weighted by Gasteiger charge is 2.07. The summed E-state index contributed by atoms with van der Waals surface area (Å²) >= 11 is 1.62. The van der Waals surface area contributed by atoms with Gasteiger partial charge in [0.05, 0.1) is 11.9 Å². The van der Waals surface area contributed by atoms with E-state index in [0.717, 1.165) is 21.6 Å². The maximum Gasteiger partial charge on any atom is 0.206 e. The standard InChI is InChI=1S/C21H23N3S/c1-15(2)23-21-24(20(14-25-21)18-8-6-5-7-9-18)22-13-19-11-10-16(3)12-17(19)4/h5-15H,1-4H3. The number of thiazole rings is 1. The Bertz CT molecular complexity index is 947. The summed E-state index contributed by atoms with van der Waals surface area (Å²) in [6.45, 7) is 8.39. The van der Waals surface area contributed by atoms with Crippen LogP contribution in [0.4, 0.5) is 0 Å². The number of nitrogens with zero attached hydrogens (tertiary/aromatic N) is 3. The summed E-state index contributed by atoms with van der Waals surface area (Å²) in [5.74, 6) is 0. The lowest BCUT2D eigenvalue weighted by molar-refractivity contribution is 0.754. The molecule has 0 saturated carbocycles. The van der Waals surface area contributed by atoms with Gasteiger partial charge >= 0.3 is 0 Å². The molecule has 0 fully saturated rings. The van der Waals surface area contributed by atoms with Crippen molar-refractivity contribution in [2.75, 3.05) is 0 Å². The van der Waals surface area contributed by atoms with Crippen LogP contribution in [0.25, 0.3) is 11.3 Å². The summed E-state index contributed by atoms with van der Waals surface area (Å²) < 4.78 is 1.94. The van der Waals surface area contributed by atoms with Crippen LogP contribution in [0.2, 0.25) is 0 Å². The molecule has 0 atom stereocenters. The van der Waals surface area contributed by atoms with Gasteiger partial charge in [-0.25, -0.2) is 4.68 Å². The lowest BCUT2D eigenvalue weighted by Gasteiger charge is -2.05. The van der Waals surface area contributed by atoms with Gasteiger partial charge in [-0.15, -0.1) is 11.3 Å². The van der Waals surface area contributed by atoms with Crippen LogP contribution in [0, 0.1) is 13.8 Å². The minimum absolute atomic E-state index is 0.227. The van der Waals surface area contributed by atoms with Crippen molar-refractivity contribution in [3.8, 4) is 11.3 Å². The summed E-state index contributed by atoms with van der Waals surface area (Å²) in [4.78, 5) is 5.63. The molecule has 3 aromatic rings.